The average Bonchev–Trinajstić information content (AvgIpc) is 2.01. The minimum absolute atomic E-state index is 0.176. The number of aliphatic carboxylic acids is 1. The van der Waals surface area contributed by atoms with Crippen LogP contribution in [0.2, 0.25) is 0 Å². The number of rotatable bonds is 7. The van der Waals surface area contributed by atoms with Crippen molar-refractivity contribution in [1.29, 1.82) is 0 Å². The van der Waals surface area contributed by atoms with Crippen molar-refractivity contribution in [1.82, 2.24) is 4.90 Å². The zero-order valence-electron chi connectivity index (χ0n) is 9.23. The van der Waals surface area contributed by atoms with Gasteiger partial charge in [0.2, 0.25) is 0 Å². The standard InChI is InChI=1S/C10H21NO3/c1-4-8(2)6-11(3)7-9(12)5-10(13)14/h8-9,12H,4-7H2,1-3H3,(H,13,14). The molecule has 84 valence electrons. The van der Waals surface area contributed by atoms with E-state index in [-0.39, 0.29) is 6.42 Å². The number of carboxylic acid groups (broad SMARTS) is 1. The van der Waals surface area contributed by atoms with Crippen molar-refractivity contribution in [2.75, 3.05) is 20.1 Å². The summed E-state index contributed by atoms with van der Waals surface area (Å²) in [6, 6.07) is 0. The molecule has 2 atom stereocenters. The zero-order chi connectivity index (χ0) is 11.1. The second-order valence-electron chi connectivity index (χ2n) is 3.99. The van der Waals surface area contributed by atoms with Crippen molar-refractivity contribution in [3.05, 3.63) is 0 Å². The Kier molecular flexibility index (Phi) is 6.49. The first-order chi connectivity index (χ1) is 6.45. The summed E-state index contributed by atoms with van der Waals surface area (Å²) >= 11 is 0. The molecule has 0 rings (SSSR count). The molecule has 0 saturated carbocycles. The minimum atomic E-state index is -0.950. The highest BCUT2D eigenvalue weighted by Crippen LogP contribution is 2.04. The number of carbonyl (C=O) groups is 1. The maximum Gasteiger partial charge on any atom is 0.306 e. The fourth-order valence-electron chi connectivity index (χ4n) is 1.36. The first-order valence-corrected chi connectivity index (χ1v) is 5.04. The highest BCUT2D eigenvalue weighted by Gasteiger charge is 2.13. The Morgan fingerprint density at radius 2 is 2.00 bits per heavy atom. The smallest absolute Gasteiger partial charge is 0.306 e. The molecule has 0 bridgehead atoms. The van der Waals surface area contributed by atoms with Crippen molar-refractivity contribution in [2.45, 2.75) is 32.8 Å². The molecule has 0 aromatic heterocycles. The Labute approximate surface area is 85.5 Å². The fourth-order valence-corrected chi connectivity index (χ4v) is 1.36. The van der Waals surface area contributed by atoms with Crippen LogP contribution >= 0.6 is 0 Å². The van der Waals surface area contributed by atoms with E-state index >= 15 is 0 Å². The quantitative estimate of drug-likeness (QED) is 0.642. The van der Waals surface area contributed by atoms with E-state index in [2.05, 4.69) is 13.8 Å². The van der Waals surface area contributed by atoms with E-state index in [1.807, 2.05) is 11.9 Å². The molecular formula is C10H21NO3. The van der Waals surface area contributed by atoms with Crippen LogP contribution in [0.1, 0.15) is 26.7 Å². The molecule has 0 fully saturated rings. The van der Waals surface area contributed by atoms with Gasteiger partial charge in [0, 0.05) is 13.1 Å². The van der Waals surface area contributed by atoms with Gasteiger partial charge in [-0.05, 0) is 13.0 Å². The van der Waals surface area contributed by atoms with Gasteiger partial charge in [-0.25, -0.2) is 0 Å². The number of likely N-dealkylation sites (N-methyl/N-ethyl adjacent to an activating group) is 1. The fraction of sp³-hybridized carbons (Fsp3) is 0.900. The molecule has 0 amide bonds. The van der Waals surface area contributed by atoms with E-state index in [4.69, 9.17) is 5.11 Å². The van der Waals surface area contributed by atoms with Gasteiger partial charge in [0.1, 0.15) is 0 Å². The van der Waals surface area contributed by atoms with Crippen LogP contribution in [0.25, 0.3) is 0 Å². The van der Waals surface area contributed by atoms with Crippen molar-refractivity contribution in [3.63, 3.8) is 0 Å². The van der Waals surface area contributed by atoms with E-state index < -0.39 is 12.1 Å². The molecule has 0 spiro atoms. The van der Waals surface area contributed by atoms with Crippen LogP contribution < -0.4 is 0 Å². The summed E-state index contributed by atoms with van der Waals surface area (Å²) in [5, 5.41) is 17.8. The number of hydrogen-bond acceptors (Lipinski definition) is 3. The van der Waals surface area contributed by atoms with Crippen LogP contribution in [0.4, 0.5) is 0 Å². The Morgan fingerprint density at radius 3 is 2.43 bits per heavy atom. The average molecular weight is 203 g/mol. The van der Waals surface area contributed by atoms with Crippen molar-refractivity contribution in [3.8, 4) is 0 Å². The van der Waals surface area contributed by atoms with Gasteiger partial charge in [-0.3, -0.25) is 4.79 Å². The number of aliphatic hydroxyl groups excluding tert-OH is 1. The molecule has 4 nitrogen and oxygen atoms in total. The first kappa shape index (κ1) is 13.4. The number of nitrogens with zero attached hydrogens (tertiary/aromatic N) is 1. The Hall–Kier alpha value is -0.610. The SMILES string of the molecule is CCC(C)CN(C)CC(O)CC(=O)O. The number of hydrogen-bond donors (Lipinski definition) is 2. The summed E-state index contributed by atoms with van der Waals surface area (Å²) < 4.78 is 0. The van der Waals surface area contributed by atoms with Crippen LogP contribution in [0.3, 0.4) is 0 Å². The predicted octanol–water partition coefficient (Wildman–Crippen LogP) is 0.800. The second-order valence-corrected chi connectivity index (χ2v) is 3.99. The monoisotopic (exact) mass is 203 g/mol. The van der Waals surface area contributed by atoms with E-state index in [0.29, 0.717) is 12.5 Å². The van der Waals surface area contributed by atoms with E-state index in [0.717, 1.165) is 13.0 Å². The number of carboxylic acids is 1. The molecule has 0 aromatic rings. The van der Waals surface area contributed by atoms with Gasteiger partial charge in [0.05, 0.1) is 12.5 Å². The van der Waals surface area contributed by atoms with Gasteiger partial charge in [0.25, 0.3) is 0 Å². The van der Waals surface area contributed by atoms with Gasteiger partial charge >= 0.3 is 5.97 Å². The van der Waals surface area contributed by atoms with Crippen molar-refractivity contribution in [2.24, 2.45) is 5.92 Å². The summed E-state index contributed by atoms with van der Waals surface area (Å²) in [5.41, 5.74) is 0. The van der Waals surface area contributed by atoms with Gasteiger partial charge in [-0.2, -0.15) is 0 Å². The lowest BCUT2D eigenvalue weighted by Gasteiger charge is -2.22. The van der Waals surface area contributed by atoms with E-state index in [9.17, 15) is 9.90 Å². The van der Waals surface area contributed by atoms with Crippen LogP contribution in [0.15, 0.2) is 0 Å². The molecule has 4 heteroatoms. The third-order valence-corrected chi connectivity index (χ3v) is 2.25. The third kappa shape index (κ3) is 6.86. The molecule has 0 aromatic carbocycles. The summed E-state index contributed by atoms with van der Waals surface area (Å²) in [6.45, 7) is 5.58. The van der Waals surface area contributed by atoms with Crippen molar-refractivity contribution < 1.29 is 15.0 Å². The molecule has 2 unspecified atom stereocenters. The molecule has 0 heterocycles. The summed E-state index contributed by atoms with van der Waals surface area (Å²) in [6.07, 6.45) is 0.158. The lowest BCUT2D eigenvalue weighted by atomic mass is 10.1. The molecule has 0 aliphatic carbocycles. The first-order valence-electron chi connectivity index (χ1n) is 5.04. The maximum atomic E-state index is 10.3. The summed E-state index contributed by atoms with van der Waals surface area (Å²) in [4.78, 5) is 12.3. The summed E-state index contributed by atoms with van der Waals surface area (Å²) in [7, 11) is 1.90. The molecular weight excluding hydrogens is 182 g/mol. The van der Waals surface area contributed by atoms with Crippen LogP contribution in [0, 0.1) is 5.92 Å². The Bertz CT molecular complexity index is 173. The highest BCUT2D eigenvalue weighted by atomic mass is 16.4. The summed E-state index contributed by atoms with van der Waals surface area (Å²) in [5.74, 6) is -0.369. The van der Waals surface area contributed by atoms with Gasteiger partial charge in [-0.15, -0.1) is 0 Å². The van der Waals surface area contributed by atoms with Gasteiger partial charge < -0.3 is 15.1 Å². The van der Waals surface area contributed by atoms with Crippen LogP contribution in [-0.4, -0.2) is 47.3 Å². The Balaban J connectivity index is 3.70. The minimum Gasteiger partial charge on any atom is -0.481 e. The Morgan fingerprint density at radius 1 is 1.43 bits per heavy atom. The molecule has 0 aliphatic heterocycles. The second kappa shape index (κ2) is 6.79. The topological polar surface area (TPSA) is 60.8 Å². The molecule has 0 radical (unpaired) electrons. The number of aliphatic hydroxyl groups is 1. The predicted molar refractivity (Wildman–Crippen MR) is 55.2 cm³/mol. The van der Waals surface area contributed by atoms with Crippen LogP contribution in [-0.2, 0) is 4.79 Å². The molecule has 0 saturated heterocycles. The van der Waals surface area contributed by atoms with Gasteiger partial charge in [-0.1, -0.05) is 20.3 Å². The molecule has 0 aliphatic rings. The van der Waals surface area contributed by atoms with E-state index in [1.165, 1.54) is 0 Å². The maximum absolute atomic E-state index is 10.3. The molecule has 14 heavy (non-hydrogen) atoms. The lowest BCUT2D eigenvalue weighted by Crippen LogP contribution is -2.33. The zero-order valence-corrected chi connectivity index (χ0v) is 9.23. The third-order valence-electron chi connectivity index (χ3n) is 2.25. The van der Waals surface area contributed by atoms with Crippen LogP contribution in [0.5, 0.6) is 0 Å². The van der Waals surface area contributed by atoms with E-state index in [1.54, 1.807) is 0 Å². The van der Waals surface area contributed by atoms with Gasteiger partial charge in [0.15, 0.2) is 0 Å². The lowest BCUT2D eigenvalue weighted by molar-refractivity contribution is -0.139. The molecule has 2 N–H and O–H groups in total. The largest absolute Gasteiger partial charge is 0.481 e. The highest BCUT2D eigenvalue weighted by molar-refractivity contribution is 5.67. The van der Waals surface area contributed by atoms with Crippen molar-refractivity contribution >= 4 is 5.97 Å². The normalized spacial score (nSPS) is 15.5.